The molecule has 7 heteroatoms. The molecule has 5 rings (SSSR count). The largest absolute Gasteiger partial charge is 0.495 e. The van der Waals surface area contributed by atoms with Crippen molar-refractivity contribution < 1.29 is 9.15 Å². The third-order valence-corrected chi connectivity index (χ3v) is 6.93. The zero-order chi connectivity index (χ0) is 23.8. The summed E-state index contributed by atoms with van der Waals surface area (Å²) in [6.07, 6.45) is 0. The summed E-state index contributed by atoms with van der Waals surface area (Å²) in [5, 5.41) is 1.91. The van der Waals surface area contributed by atoms with Crippen LogP contribution in [0.2, 0.25) is 0 Å². The summed E-state index contributed by atoms with van der Waals surface area (Å²) in [7, 11) is 1.57. The molecule has 0 saturated heterocycles. The molecule has 0 radical (unpaired) electrons. The molecule has 2 aromatic heterocycles. The molecule has 170 valence electrons. The van der Waals surface area contributed by atoms with Gasteiger partial charge >= 0.3 is 5.63 Å². The molecule has 0 bridgehead atoms. The van der Waals surface area contributed by atoms with Crippen molar-refractivity contribution in [2.75, 3.05) is 7.11 Å². The summed E-state index contributed by atoms with van der Waals surface area (Å²) < 4.78 is 12.6. The van der Waals surface area contributed by atoms with Gasteiger partial charge in [-0.25, -0.2) is 9.78 Å². The van der Waals surface area contributed by atoms with Crippen molar-refractivity contribution in [3.05, 3.63) is 104 Å². The summed E-state index contributed by atoms with van der Waals surface area (Å²) in [5.41, 5.74) is 4.07. The number of rotatable bonds is 5. The van der Waals surface area contributed by atoms with E-state index in [1.807, 2.05) is 68.4 Å². The normalized spacial score (nSPS) is 11.3. The van der Waals surface area contributed by atoms with Crippen LogP contribution in [0.3, 0.4) is 0 Å². The molecule has 2 heterocycles. The molecule has 0 spiro atoms. The summed E-state index contributed by atoms with van der Waals surface area (Å²) >= 11 is 1.39. The smallest absolute Gasteiger partial charge is 0.336 e. The third kappa shape index (κ3) is 3.78. The van der Waals surface area contributed by atoms with E-state index in [1.54, 1.807) is 17.7 Å². The Bertz CT molecular complexity index is 1670. The molecule has 0 aliphatic heterocycles. The number of benzene rings is 3. The van der Waals surface area contributed by atoms with Crippen LogP contribution in [0.15, 0.2) is 85.9 Å². The van der Waals surface area contributed by atoms with Gasteiger partial charge in [0.15, 0.2) is 5.16 Å². The molecule has 0 fully saturated rings. The minimum absolute atomic E-state index is 0.179. The summed E-state index contributed by atoms with van der Waals surface area (Å²) in [6, 6.07) is 20.1. The fourth-order valence-electron chi connectivity index (χ4n) is 4.02. The van der Waals surface area contributed by atoms with Crippen molar-refractivity contribution in [1.29, 1.82) is 0 Å². The first kappa shape index (κ1) is 22.0. The summed E-state index contributed by atoms with van der Waals surface area (Å²) in [4.78, 5) is 30.7. The number of fused-ring (bicyclic) bond motifs is 2. The van der Waals surface area contributed by atoms with E-state index in [4.69, 9.17) is 14.1 Å². The highest BCUT2D eigenvalue weighted by Crippen LogP contribution is 2.31. The minimum Gasteiger partial charge on any atom is -0.495 e. The number of thioether (sulfide) groups is 1. The van der Waals surface area contributed by atoms with Gasteiger partial charge in [0, 0.05) is 17.2 Å². The zero-order valence-electron chi connectivity index (χ0n) is 19.0. The second kappa shape index (κ2) is 8.83. The highest BCUT2D eigenvalue weighted by molar-refractivity contribution is 7.98. The molecular weight excluding hydrogens is 448 g/mol. The predicted molar refractivity (Wildman–Crippen MR) is 135 cm³/mol. The number of hydrogen-bond donors (Lipinski definition) is 0. The number of ether oxygens (including phenoxy) is 1. The Morgan fingerprint density at radius 1 is 0.971 bits per heavy atom. The van der Waals surface area contributed by atoms with E-state index in [-0.39, 0.29) is 5.56 Å². The SMILES string of the molecule is COc1ccccc1-n1c(SCc2cc(=O)oc3c(C)c(C)ccc23)nc2ccccc2c1=O. The van der Waals surface area contributed by atoms with Crippen LogP contribution < -0.4 is 15.9 Å². The first-order valence-electron chi connectivity index (χ1n) is 10.8. The quantitative estimate of drug-likeness (QED) is 0.194. The van der Waals surface area contributed by atoms with Crippen molar-refractivity contribution in [2.45, 2.75) is 24.8 Å². The van der Waals surface area contributed by atoms with Crippen LogP contribution in [0.25, 0.3) is 27.6 Å². The summed E-state index contributed by atoms with van der Waals surface area (Å²) in [5.74, 6) is 1.00. The molecular formula is C27H22N2O4S. The Balaban J connectivity index is 1.68. The zero-order valence-corrected chi connectivity index (χ0v) is 19.8. The van der Waals surface area contributed by atoms with Gasteiger partial charge in [0.2, 0.25) is 0 Å². The van der Waals surface area contributed by atoms with Gasteiger partial charge in [-0.05, 0) is 54.8 Å². The molecule has 0 aliphatic carbocycles. The molecule has 0 amide bonds. The summed E-state index contributed by atoms with van der Waals surface area (Å²) in [6.45, 7) is 3.93. The highest BCUT2D eigenvalue weighted by atomic mass is 32.2. The van der Waals surface area contributed by atoms with E-state index in [1.165, 1.54) is 17.8 Å². The van der Waals surface area contributed by atoms with E-state index in [0.29, 0.717) is 38.8 Å². The van der Waals surface area contributed by atoms with E-state index >= 15 is 0 Å². The van der Waals surface area contributed by atoms with Gasteiger partial charge < -0.3 is 9.15 Å². The average Bonchev–Trinajstić information content (AvgIpc) is 2.85. The minimum atomic E-state index is -0.398. The van der Waals surface area contributed by atoms with Gasteiger partial charge in [-0.15, -0.1) is 0 Å². The Morgan fingerprint density at radius 2 is 1.74 bits per heavy atom. The number of methoxy groups -OCH3 is 1. The van der Waals surface area contributed by atoms with Crippen LogP contribution in [-0.2, 0) is 5.75 Å². The molecule has 0 unspecified atom stereocenters. The molecule has 5 aromatic rings. The van der Waals surface area contributed by atoms with Gasteiger partial charge in [-0.1, -0.05) is 48.2 Å². The Kier molecular flexibility index (Phi) is 5.71. The first-order chi connectivity index (χ1) is 16.5. The van der Waals surface area contributed by atoms with Crippen molar-refractivity contribution in [2.24, 2.45) is 0 Å². The molecule has 3 aromatic carbocycles. The van der Waals surface area contributed by atoms with Crippen LogP contribution in [0, 0.1) is 13.8 Å². The van der Waals surface area contributed by atoms with Crippen LogP contribution in [0.1, 0.15) is 16.7 Å². The van der Waals surface area contributed by atoms with Crippen molar-refractivity contribution >= 4 is 33.6 Å². The first-order valence-corrected chi connectivity index (χ1v) is 11.8. The maximum Gasteiger partial charge on any atom is 0.336 e. The second-order valence-electron chi connectivity index (χ2n) is 7.99. The molecule has 34 heavy (non-hydrogen) atoms. The van der Waals surface area contributed by atoms with E-state index in [0.717, 1.165) is 22.1 Å². The van der Waals surface area contributed by atoms with Crippen molar-refractivity contribution in [3.63, 3.8) is 0 Å². The topological polar surface area (TPSA) is 74.3 Å². The van der Waals surface area contributed by atoms with Crippen LogP contribution in [0.4, 0.5) is 0 Å². The van der Waals surface area contributed by atoms with E-state index < -0.39 is 5.63 Å². The van der Waals surface area contributed by atoms with Gasteiger partial charge in [-0.3, -0.25) is 9.36 Å². The lowest BCUT2D eigenvalue weighted by Gasteiger charge is -2.16. The number of hydrogen-bond acceptors (Lipinski definition) is 6. The number of aryl methyl sites for hydroxylation is 2. The number of nitrogens with zero attached hydrogens (tertiary/aromatic N) is 2. The van der Waals surface area contributed by atoms with E-state index in [2.05, 4.69) is 0 Å². The third-order valence-electron chi connectivity index (χ3n) is 5.95. The Morgan fingerprint density at radius 3 is 2.56 bits per heavy atom. The van der Waals surface area contributed by atoms with Crippen molar-refractivity contribution in [1.82, 2.24) is 9.55 Å². The Labute approximate surface area is 199 Å². The second-order valence-corrected chi connectivity index (χ2v) is 8.93. The molecule has 6 nitrogen and oxygen atoms in total. The monoisotopic (exact) mass is 470 g/mol. The van der Waals surface area contributed by atoms with E-state index in [9.17, 15) is 9.59 Å². The number of para-hydroxylation sites is 3. The fourth-order valence-corrected chi connectivity index (χ4v) is 5.02. The van der Waals surface area contributed by atoms with Gasteiger partial charge in [0.25, 0.3) is 5.56 Å². The predicted octanol–water partition coefficient (Wildman–Crippen LogP) is 5.41. The molecule has 0 atom stereocenters. The Hall–Kier alpha value is -3.84. The van der Waals surface area contributed by atoms with Crippen LogP contribution in [-0.4, -0.2) is 16.7 Å². The highest BCUT2D eigenvalue weighted by Gasteiger charge is 2.17. The average molecular weight is 471 g/mol. The lowest BCUT2D eigenvalue weighted by molar-refractivity contribution is 0.411. The van der Waals surface area contributed by atoms with Gasteiger partial charge in [0.05, 0.1) is 23.7 Å². The molecule has 0 N–H and O–H groups in total. The lowest BCUT2D eigenvalue weighted by Crippen LogP contribution is -2.22. The number of aromatic nitrogens is 2. The standard InChI is InChI=1S/C27H22N2O4S/c1-16-12-13-19-18(14-24(30)33-25(19)17(16)2)15-34-27-28-21-9-5-4-8-20(21)26(31)29(27)22-10-6-7-11-23(22)32-3/h4-14H,15H2,1-3H3. The maximum absolute atomic E-state index is 13.6. The van der Waals surface area contributed by atoms with Gasteiger partial charge in [-0.2, -0.15) is 0 Å². The van der Waals surface area contributed by atoms with Crippen molar-refractivity contribution in [3.8, 4) is 11.4 Å². The fraction of sp³-hybridized carbons (Fsp3) is 0.148. The lowest BCUT2D eigenvalue weighted by atomic mass is 10.0. The molecule has 0 saturated carbocycles. The molecule has 0 aliphatic rings. The maximum atomic E-state index is 13.6. The van der Waals surface area contributed by atoms with Crippen LogP contribution >= 0.6 is 11.8 Å². The van der Waals surface area contributed by atoms with Gasteiger partial charge in [0.1, 0.15) is 11.3 Å². The van der Waals surface area contributed by atoms with Crippen LogP contribution in [0.5, 0.6) is 5.75 Å².